The van der Waals surface area contributed by atoms with E-state index < -0.39 is 35.8 Å². The second-order valence-corrected chi connectivity index (χ2v) is 4.56. The molecular weight excluding hydrogens is 305 g/mol. The van der Waals surface area contributed by atoms with E-state index in [-0.39, 0.29) is 11.5 Å². The van der Waals surface area contributed by atoms with Gasteiger partial charge in [0.15, 0.2) is 0 Å². The number of halogens is 2. The fourth-order valence-corrected chi connectivity index (χ4v) is 2.52. The van der Waals surface area contributed by atoms with Gasteiger partial charge in [0.2, 0.25) is 0 Å². The molecule has 0 N–H and O–H groups in total. The van der Waals surface area contributed by atoms with Gasteiger partial charge in [0.05, 0.1) is 0 Å². The molecular formula is C12H8F2O2Zr. The van der Waals surface area contributed by atoms with Gasteiger partial charge >= 0.3 is 110 Å². The Kier molecular flexibility index (Phi) is 4.26. The Labute approximate surface area is 110 Å². The van der Waals surface area contributed by atoms with Crippen LogP contribution < -0.4 is 5.63 Å². The van der Waals surface area contributed by atoms with E-state index in [0.29, 0.717) is 0 Å². The third kappa shape index (κ3) is 3.37. The summed E-state index contributed by atoms with van der Waals surface area (Å²) >= 11 is -1.79. The molecule has 0 fully saturated rings. The molecule has 17 heavy (non-hydrogen) atoms. The van der Waals surface area contributed by atoms with Gasteiger partial charge in [-0.15, -0.1) is 0 Å². The molecule has 0 saturated carbocycles. The Morgan fingerprint density at radius 1 is 0.706 bits per heavy atom. The molecule has 0 spiro atoms. The van der Waals surface area contributed by atoms with Crippen molar-refractivity contribution in [3.05, 3.63) is 60.2 Å². The van der Waals surface area contributed by atoms with Gasteiger partial charge in [-0.25, -0.2) is 0 Å². The first-order valence-corrected chi connectivity index (χ1v) is 6.86. The first-order chi connectivity index (χ1) is 8.27. The predicted octanol–water partition coefficient (Wildman–Crippen LogP) is 3.34. The second kappa shape index (κ2) is 5.92. The van der Waals surface area contributed by atoms with Crippen LogP contribution in [0.4, 0.5) is 8.78 Å². The molecule has 0 aliphatic rings. The monoisotopic (exact) mass is 312 g/mol. The van der Waals surface area contributed by atoms with Crippen molar-refractivity contribution in [2.24, 2.45) is 0 Å². The molecule has 5 heteroatoms. The molecule has 0 bridgehead atoms. The fraction of sp³-hybridized carbons (Fsp3) is 0. The molecule has 2 aromatic rings. The van der Waals surface area contributed by atoms with E-state index in [1.165, 1.54) is 24.3 Å². The van der Waals surface area contributed by atoms with E-state index in [0.717, 1.165) is 0 Å². The summed E-state index contributed by atoms with van der Waals surface area (Å²) in [7, 11) is 0. The van der Waals surface area contributed by atoms with E-state index in [1.807, 2.05) is 0 Å². The molecule has 0 heterocycles. The zero-order valence-electron chi connectivity index (χ0n) is 8.69. The molecule has 86 valence electrons. The van der Waals surface area contributed by atoms with E-state index in [4.69, 9.17) is 5.63 Å². The van der Waals surface area contributed by atoms with Crippen LogP contribution in [0.1, 0.15) is 0 Å². The van der Waals surface area contributed by atoms with Gasteiger partial charge in [0, 0.05) is 0 Å². The second-order valence-electron chi connectivity index (χ2n) is 3.15. The van der Waals surface area contributed by atoms with Crippen LogP contribution in [0.25, 0.3) is 0 Å². The zero-order chi connectivity index (χ0) is 12.1. The zero-order valence-corrected chi connectivity index (χ0v) is 11.1. The summed E-state index contributed by atoms with van der Waals surface area (Å²) in [6, 6.07) is 12.1. The van der Waals surface area contributed by atoms with Crippen LogP contribution in [0.15, 0.2) is 48.5 Å². The third-order valence-corrected chi connectivity index (χ3v) is 3.47. The number of hydrogen-bond acceptors (Lipinski definition) is 2. The summed E-state index contributed by atoms with van der Waals surface area (Å²) < 4.78 is 36.7. The van der Waals surface area contributed by atoms with Crippen LogP contribution in [-0.2, 0) is 24.1 Å². The Hall–Kier alpha value is -1.22. The van der Waals surface area contributed by atoms with Gasteiger partial charge in [0.1, 0.15) is 0 Å². The van der Waals surface area contributed by atoms with Gasteiger partial charge in [-0.05, 0) is 0 Å². The van der Waals surface area contributed by atoms with E-state index in [1.54, 1.807) is 24.3 Å². The molecule has 0 saturated heterocycles. The normalized spacial score (nSPS) is 9.76. The van der Waals surface area contributed by atoms with Crippen LogP contribution in [0.3, 0.4) is 0 Å². The van der Waals surface area contributed by atoms with Gasteiger partial charge in [0.25, 0.3) is 0 Å². The van der Waals surface area contributed by atoms with Crippen molar-refractivity contribution in [2.75, 3.05) is 0 Å². The standard InChI is InChI=1S/2C6H5FO.Zr/c2*7-5-3-1-2-4-6(5)8;/h2*1-4,8H;/q;;+2/p-2. The molecule has 0 aromatic heterocycles. The van der Waals surface area contributed by atoms with Crippen molar-refractivity contribution >= 4 is 0 Å². The van der Waals surface area contributed by atoms with E-state index in [2.05, 4.69) is 0 Å². The molecule has 2 rings (SSSR count). The molecule has 0 aliphatic carbocycles. The summed E-state index contributed by atoms with van der Waals surface area (Å²) in [4.78, 5) is 0. The summed E-state index contributed by atoms with van der Waals surface area (Å²) in [5.41, 5.74) is 0. The predicted molar refractivity (Wildman–Crippen MR) is 54.1 cm³/mol. The topological polar surface area (TPSA) is 18.5 Å². The van der Waals surface area contributed by atoms with Gasteiger partial charge in [-0.3, -0.25) is 0 Å². The first kappa shape index (κ1) is 12.2. The Morgan fingerprint density at radius 3 is 1.53 bits per heavy atom. The first-order valence-electron chi connectivity index (χ1n) is 4.85. The van der Waals surface area contributed by atoms with Gasteiger partial charge in [-0.2, -0.15) is 0 Å². The van der Waals surface area contributed by atoms with Crippen LogP contribution in [-0.4, -0.2) is 0 Å². The summed E-state index contributed by atoms with van der Waals surface area (Å²) in [5.74, 6) is -0.582. The van der Waals surface area contributed by atoms with Gasteiger partial charge in [-0.1, -0.05) is 0 Å². The van der Waals surface area contributed by atoms with Crippen LogP contribution >= 0.6 is 0 Å². The van der Waals surface area contributed by atoms with E-state index in [9.17, 15) is 8.78 Å². The van der Waals surface area contributed by atoms with Crippen molar-refractivity contribution in [3.8, 4) is 11.5 Å². The molecule has 0 radical (unpaired) electrons. The number of rotatable bonds is 4. The van der Waals surface area contributed by atoms with Crippen molar-refractivity contribution in [2.45, 2.75) is 0 Å². The van der Waals surface area contributed by atoms with Crippen molar-refractivity contribution in [1.82, 2.24) is 0 Å². The molecule has 0 unspecified atom stereocenters. The van der Waals surface area contributed by atoms with Crippen molar-refractivity contribution in [1.29, 1.82) is 0 Å². The Balaban J connectivity index is 1.93. The number of para-hydroxylation sites is 2. The molecule has 0 amide bonds. The maximum atomic E-state index is 13.2. The van der Waals surface area contributed by atoms with Crippen molar-refractivity contribution in [3.63, 3.8) is 0 Å². The maximum absolute atomic E-state index is 13.2. The molecule has 0 atom stereocenters. The van der Waals surface area contributed by atoms with Crippen LogP contribution in [0, 0.1) is 11.6 Å². The Morgan fingerprint density at radius 2 is 1.12 bits per heavy atom. The number of benzene rings is 2. The Bertz CT molecular complexity index is 460. The van der Waals surface area contributed by atoms with Crippen LogP contribution in [0.2, 0.25) is 0 Å². The summed E-state index contributed by atoms with van der Waals surface area (Å²) in [6.07, 6.45) is 0. The average molecular weight is 313 g/mol. The molecule has 2 aromatic carbocycles. The molecule has 2 nitrogen and oxygen atoms in total. The molecule has 0 aliphatic heterocycles. The minimum absolute atomic E-state index is 0.149. The quantitative estimate of drug-likeness (QED) is 0.862. The van der Waals surface area contributed by atoms with Gasteiger partial charge < -0.3 is 0 Å². The average Bonchev–Trinajstić information content (AvgIpc) is 2.34. The number of hydrogen-bond donors (Lipinski definition) is 0. The van der Waals surface area contributed by atoms with Crippen LogP contribution in [0.5, 0.6) is 11.5 Å². The van der Waals surface area contributed by atoms with Crippen molar-refractivity contribution < 1.29 is 38.5 Å². The summed E-state index contributed by atoms with van der Waals surface area (Å²) in [5, 5.41) is 0. The SMILES string of the molecule is Fc1ccccc1[O][Zr][O]c1ccccc1F. The summed E-state index contributed by atoms with van der Waals surface area (Å²) in [6.45, 7) is 0. The fourth-order valence-electron chi connectivity index (χ4n) is 1.17. The van der Waals surface area contributed by atoms with E-state index >= 15 is 0 Å². The minimum atomic E-state index is -1.79. The third-order valence-electron chi connectivity index (χ3n) is 1.98.